The lowest BCUT2D eigenvalue weighted by Gasteiger charge is -2.04. The first-order valence-corrected chi connectivity index (χ1v) is 4.45. The number of hydrogen-bond donors (Lipinski definition) is 0. The molecule has 0 spiro atoms. The van der Waals surface area contributed by atoms with Crippen LogP contribution in [0.3, 0.4) is 0 Å². The van der Waals surface area contributed by atoms with E-state index >= 15 is 0 Å². The first kappa shape index (κ1) is 8.61. The van der Waals surface area contributed by atoms with E-state index in [1.54, 1.807) is 0 Å². The molecule has 0 amide bonds. The van der Waals surface area contributed by atoms with Gasteiger partial charge >= 0.3 is 0 Å². The van der Waals surface area contributed by atoms with Gasteiger partial charge in [-0.05, 0) is 24.5 Å². The van der Waals surface area contributed by atoms with Crippen LogP contribution in [0.25, 0.3) is 0 Å². The summed E-state index contributed by atoms with van der Waals surface area (Å²) < 4.78 is 0. The first-order chi connectivity index (χ1) is 5.27. The molecule has 1 aromatic rings. The third-order valence-corrected chi connectivity index (χ3v) is 2.17. The third-order valence-electron chi connectivity index (χ3n) is 1.89. The van der Waals surface area contributed by atoms with Crippen LogP contribution in [0.5, 0.6) is 0 Å². The van der Waals surface area contributed by atoms with Crippen molar-refractivity contribution in [2.45, 2.75) is 26.1 Å². The van der Waals surface area contributed by atoms with Crippen LogP contribution in [0.15, 0.2) is 18.2 Å². The van der Waals surface area contributed by atoms with E-state index in [1.807, 2.05) is 0 Å². The fraction of sp³-hybridized carbons (Fsp3) is 0.400. The van der Waals surface area contributed by atoms with Gasteiger partial charge in [0.1, 0.15) is 0 Å². The first-order valence-electron chi connectivity index (χ1n) is 3.92. The summed E-state index contributed by atoms with van der Waals surface area (Å²) in [5, 5.41) is 0. The van der Waals surface area contributed by atoms with Crippen LogP contribution in [-0.4, -0.2) is 0 Å². The van der Waals surface area contributed by atoms with E-state index in [0.717, 1.165) is 6.42 Å². The molecule has 0 N–H and O–H groups in total. The average molecular weight is 169 g/mol. The Labute approximate surface area is 73.2 Å². The predicted octanol–water partition coefficient (Wildman–Crippen LogP) is 3.30. The van der Waals surface area contributed by atoms with Crippen molar-refractivity contribution in [3.05, 3.63) is 34.9 Å². The van der Waals surface area contributed by atoms with E-state index in [4.69, 9.17) is 11.6 Å². The monoisotopic (exact) mass is 168 g/mol. The van der Waals surface area contributed by atoms with Gasteiger partial charge < -0.3 is 0 Å². The molecule has 0 atom stereocenters. The van der Waals surface area contributed by atoms with Crippen molar-refractivity contribution in [1.82, 2.24) is 0 Å². The van der Waals surface area contributed by atoms with Crippen molar-refractivity contribution in [2.24, 2.45) is 0 Å². The lowest BCUT2D eigenvalue weighted by molar-refractivity contribution is 1.09. The normalized spacial score (nSPS) is 10.1. The second-order valence-corrected chi connectivity index (χ2v) is 3.03. The molecule has 0 saturated heterocycles. The Morgan fingerprint density at radius 1 is 1.27 bits per heavy atom. The maximum atomic E-state index is 5.76. The minimum atomic E-state index is 0.628. The topological polar surface area (TPSA) is 0 Å². The van der Waals surface area contributed by atoms with E-state index in [1.165, 1.54) is 16.7 Å². The van der Waals surface area contributed by atoms with Crippen molar-refractivity contribution >= 4 is 11.6 Å². The minimum Gasteiger partial charge on any atom is -0.122 e. The van der Waals surface area contributed by atoms with Crippen LogP contribution in [0.2, 0.25) is 0 Å². The highest BCUT2D eigenvalue weighted by Gasteiger charge is 1.97. The van der Waals surface area contributed by atoms with E-state index in [9.17, 15) is 0 Å². The van der Waals surface area contributed by atoms with E-state index in [-0.39, 0.29) is 0 Å². The van der Waals surface area contributed by atoms with Gasteiger partial charge in [-0.25, -0.2) is 0 Å². The quantitative estimate of drug-likeness (QED) is 0.595. The zero-order valence-corrected chi connectivity index (χ0v) is 7.78. The summed E-state index contributed by atoms with van der Waals surface area (Å²) in [5.74, 6) is 0.628. The average Bonchev–Trinajstić information content (AvgIpc) is 2.04. The molecule has 0 radical (unpaired) electrons. The Balaban J connectivity index is 3.06. The zero-order valence-electron chi connectivity index (χ0n) is 7.02. The van der Waals surface area contributed by atoms with Crippen LogP contribution in [0.4, 0.5) is 0 Å². The number of benzene rings is 1. The molecule has 0 aromatic heterocycles. The SMILES string of the molecule is CCc1cc(C)ccc1CCl. The molecule has 0 nitrogen and oxygen atoms in total. The van der Waals surface area contributed by atoms with E-state index in [0.29, 0.717) is 5.88 Å². The van der Waals surface area contributed by atoms with Crippen molar-refractivity contribution in [3.63, 3.8) is 0 Å². The Hall–Kier alpha value is -0.490. The van der Waals surface area contributed by atoms with Gasteiger partial charge in [-0.15, -0.1) is 11.6 Å². The molecule has 1 aromatic carbocycles. The van der Waals surface area contributed by atoms with E-state index < -0.39 is 0 Å². The van der Waals surface area contributed by atoms with Gasteiger partial charge in [-0.1, -0.05) is 30.7 Å². The molecule has 0 unspecified atom stereocenters. The number of rotatable bonds is 2. The van der Waals surface area contributed by atoms with Crippen molar-refractivity contribution in [3.8, 4) is 0 Å². The largest absolute Gasteiger partial charge is 0.122 e. The van der Waals surface area contributed by atoms with Crippen LogP contribution < -0.4 is 0 Å². The third kappa shape index (κ3) is 1.97. The molecule has 0 aliphatic carbocycles. The summed E-state index contributed by atoms with van der Waals surface area (Å²) >= 11 is 5.76. The molecule has 60 valence electrons. The molecule has 0 aliphatic rings. The van der Waals surface area contributed by atoms with E-state index in [2.05, 4.69) is 32.0 Å². The second-order valence-electron chi connectivity index (χ2n) is 2.76. The van der Waals surface area contributed by atoms with Crippen LogP contribution in [0, 0.1) is 6.92 Å². The fourth-order valence-electron chi connectivity index (χ4n) is 1.21. The second kappa shape index (κ2) is 3.77. The van der Waals surface area contributed by atoms with Crippen LogP contribution >= 0.6 is 11.6 Å². The van der Waals surface area contributed by atoms with Gasteiger partial charge in [0.2, 0.25) is 0 Å². The Morgan fingerprint density at radius 2 is 2.00 bits per heavy atom. The smallest absolute Gasteiger partial charge is 0.0476 e. The van der Waals surface area contributed by atoms with Gasteiger partial charge in [0.15, 0.2) is 0 Å². The maximum Gasteiger partial charge on any atom is 0.0476 e. The molecule has 0 bridgehead atoms. The molecular formula is C10H13Cl. The summed E-state index contributed by atoms with van der Waals surface area (Å²) in [6.45, 7) is 4.27. The lowest BCUT2D eigenvalue weighted by Crippen LogP contribution is -1.89. The van der Waals surface area contributed by atoms with Gasteiger partial charge in [0.05, 0.1) is 0 Å². The van der Waals surface area contributed by atoms with Gasteiger partial charge in [-0.3, -0.25) is 0 Å². The van der Waals surface area contributed by atoms with Gasteiger partial charge in [0.25, 0.3) is 0 Å². The van der Waals surface area contributed by atoms with Crippen molar-refractivity contribution in [1.29, 1.82) is 0 Å². The summed E-state index contributed by atoms with van der Waals surface area (Å²) in [6.07, 6.45) is 1.07. The van der Waals surface area contributed by atoms with Crippen molar-refractivity contribution < 1.29 is 0 Å². The number of halogens is 1. The maximum absolute atomic E-state index is 5.76. The molecule has 1 heteroatoms. The molecule has 0 heterocycles. The van der Waals surface area contributed by atoms with Gasteiger partial charge in [-0.2, -0.15) is 0 Å². The number of alkyl halides is 1. The highest BCUT2D eigenvalue weighted by Crippen LogP contribution is 2.14. The zero-order chi connectivity index (χ0) is 8.27. The van der Waals surface area contributed by atoms with Crippen LogP contribution in [-0.2, 0) is 12.3 Å². The lowest BCUT2D eigenvalue weighted by atomic mass is 10.0. The number of hydrogen-bond acceptors (Lipinski definition) is 0. The van der Waals surface area contributed by atoms with Gasteiger partial charge in [0, 0.05) is 5.88 Å². The Kier molecular flexibility index (Phi) is 2.95. The fourth-order valence-corrected chi connectivity index (χ4v) is 1.47. The number of aryl methyl sites for hydroxylation is 2. The highest BCUT2D eigenvalue weighted by molar-refractivity contribution is 6.17. The van der Waals surface area contributed by atoms with Crippen LogP contribution in [0.1, 0.15) is 23.6 Å². The summed E-state index contributed by atoms with van der Waals surface area (Å²) in [6, 6.07) is 6.43. The summed E-state index contributed by atoms with van der Waals surface area (Å²) in [5.41, 5.74) is 3.95. The highest BCUT2D eigenvalue weighted by atomic mass is 35.5. The summed E-state index contributed by atoms with van der Waals surface area (Å²) in [4.78, 5) is 0. The minimum absolute atomic E-state index is 0.628. The standard InChI is InChI=1S/C10H13Cl/c1-3-9-6-8(2)4-5-10(9)7-11/h4-6H,3,7H2,1-2H3. The molecular weight excluding hydrogens is 156 g/mol. The predicted molar refractivity (Wildman–Crippen MR) is 50.1 cm³/mol. The molecule has 1 rings (SSSR count). The summed E-state index contributed by atoms with van der Waals surface area (Å²) in [7, 11) is 0. The van der Waals surface area contributed by atoms with Crippen molar-refractivity contribution in [2.75, 3.05) is 0 Å². The molecule has 11 heavy (non-hydrogen) atoms. The Morgan fingerprint density at radius 3 is 2.55 bits per heavy atom. The molecule has 0 aliphatic heterocycles. The molecule has 0 fully saturated rings. The molecule has 0 saturated carbocycles. The Bertz CT molecular complexity index is 241.